The van der Waals surface area contributed by atoms with E-state index in [-0.39, 0.29) is 42.5 Å². The number of aromatic nitrogens is 1. The summed E-state index contributed by atoms with van der Waals surface area (Å²) in [6, 6.07) is 3.28. The minimum atomic E-state index is -4.41. The molecule has 0 aliphatic carbocycles. The van der Waals surface area contributed by atoms with Crippen molar-refractivity contribution in [1.29, 1.82) is 0 Å². The maximum absolute atomic E-state index is 12.3. The van der Waals surface area contributed by atoms with Crippen molar-refractivity contribution in [2.45, 2.75) is 38.6 Å². The molecule has 1 aliphatic heterocycles. The van der Waals surface area contributed by atoms with Crippen molar-refractivity contribution in [3.8, 4) is 5.88 Å². The van der Waals surface area contributed by atoms with Crippen molar-refractivity contribution >= 4 is 29.9 Å². The molecular weight excluding hydrogens is 464 g/mol. The van der Waals surface area contributed by atoms with Gasteiger partial charge in [-0.25, -0.2) is 9.98 Å². The third kappa shape index (κ3) is 8.39. The Morgan fingerprint density at radius 1 is 1.42 bits per heavy atom. The molecule has 10 heteroatoms. The van der Waals surface area contributed by atoms with E-state index in [1.807, 2.05) is 6.92 Å². The first-order chi connectivity index (χ1) is 12.0. The number of rotatable bonds is 7. The second-order valence-corrected chi connectivity index (χ2v) is 5.58. The normalized spacial score (nSPS) is 17.5. The fraction of sp³-hybridized carbons (Fsp3) is 0.625. The molecule has 1 atom stereocenters. The van der Waals surface area contributed by atoms with Crippen LogP contribution in [0.3, 0.4) is 0 Å². The SMILES string of the molecule is CCNC(=NCc1cccnc1OCC(F)(F)F)NCC1CCCO1.I. The molecule has 0 aromatic carbocycles. The van der Waals surface area contributed by atoms with Crippen molar-refractivity contribution < 1.29 is 22.6 Å². The monoisotopic (exact) mass is 488 g/mol. The molecule has 0 saturated carbocycles. The third-order valence-corrected chi connectivity index (χ3v) is 3.50. The third-order valence-electron chi connectivity index (χ3n) is 3.50. The highest BCUT2D eigenvalue weighted by molar-refractivity contribution is 14.0. The molecule has 0 spiro atoms. The fourth-order valence-corrected chi connectivity index (χ4v) is 2.35. The van der Waals surface area contributed by atoms with Crippen LogP contribution in [0.15, 0.2) is 23.3 Å². The van der Waals surface area contributed by atoms with E-state index >= 15 is 0 Å². The van der Waals surface area contributed by atoms with Gasteiger partial charge in [0.25, 0.3) is 0 Å². The molecule has 0 bridgehead atoms. The first-order valence-electron chi connectivity index (χ1n) is 8.25. The molecule has 1 aromatic heterocycles. The summed E-state index contributed by atoms with van der Waals surface area (Å²) in [5, 5.41) is 6.28. The Bertz CT molecular complexity index is 567. The van der Waals surface area contributed by atoms with Gasteiger partial charge in [-0.3, -0.25) is 0 Å². The van der Waals surface area contributed by atoms with Gasteiger partial charge in [0.1, 0.15) is 0 Å². The van der Waals surface area contributed by atoms with Crippen LogP contribution in [-0.2, 0) is 11.3 Å². The van der Waals surface area contributed by atoms with E-state index in [2.05, 4.69) is 20.6 Å². The summed E-state index contributed by atoms with van der Waals surface area (Å²) < 4.78 is 47.3. The number of nitrogens with zero attached hydrogens (tertiary/aromatic N) is 2. The summed E-state index contributed by atoms with van der Waals surface area (Å²) in [4.78, 5) is 8.25. The van der Waals surface area contributed by atoms with Gasteiger partial charge >= 0.3 is 6.18 Å². The lowest BCUT2D eigenvalue weighted by molar-refractivity contribution is -0.154. The van der Waals surface area contributed by atoms with E-state index in [0.717, 1.165) is 19.4 Å². The van der Waals surface area contributed by atoms with Crippen LogP contribution in [0.2, 0.25) is 0 Å². The van der Waals surface area contributed by atoms with Gasteiger partial charge in [-0.15, -0.1) is 24.0 Å². The Morgan fingerprint density at radius 3 is 2.88 bits per heavy atom. The molecule has 148 valence electrons. The largest absolute Gasteiger partial charge is 0.468 e. The predicted octanol–water partition coefficient (Wildman–Crippen LogP) is 2.87. The molecule has 1 aliphatic rings. The van der Waals surface area contributed by atoms with Gasteiger partial charge in [0.2, 0.25) is 5.88 Å². The summed E-state index contributed by atoms with van der Waals surface area (Å²) in [6.45, 7) is 2.79. The van der Waals surface area contributed by atoms with E-state index in [1.165, 1.54) is 6.20 Å². The number of pyridine rings is 1. The molecule has 2 rings (SSSR count). The molecule has 0 amide bonds. The molecule has 1 fully saturated rings. The van der Waals surface area contributed by atoms with Crippen molar-refractivity contribution in [2.75, 3.05) is 26.3 Å². The number of aliphatic imine (C=N–C) groups is 1. The average molecular weight is 488 g/mol. The van der Waals surface area contributed by atoms with Gasteiger partial charge in [-0.05, 0) is 25.8 Å². The van der Waals surface area contributed by atoms with Crippen LogP contribution < -0.4 is 15.4 Å². The van der Waals surface area contributed by atoms with Gasteiger partial charge in [0, 0.05) is 31.5 Å². The number of alkyl halides is 3. The summed E-state index contributed by atoms with van der Waals surface area (Å²) >= 11 is 0. The van der Waals surface area contributed by atoms with Crippen LogP contribution in [0, 0.1) is 0 Å². The fourth-order valence-electron chi connectivity index (χ4n) is 2.35. The highest BCUT2D eigenvalue weighted by atomic mass is 127. The predicted molar refractivity (Wildman–Crippen MR) is 103 cm³/mol. The van der Waals surface area contributed by atoms with Gasteiger partial charge in [0.05, 0.1) is 12.6 Å². The molecule has 1 saturated heterocycles. The van der Waals surface area contributed by atoms with Crippen LogP contribution in [-0.4, -0.2) is 49.5 Å². The van der Waals surface area contributed by atoms with Crippen LogP contribution in [0.1, 0.15) is 25.3 Å². The zero-order chi connectivity index (χ0) is 18.1. The van der Waals surface area contributed by atoms with Crippen LogP contribution in [0.4, 0.5) is 13.2 Å². The smallest absolute Gasteiger partial charge is 0.422 e. The van der Waals surface area contributed by atoms with Gasteiger partial charge in [-0.1, -0.05) is 6.07 Å². The molecule has 1 unspecified atom stereocenters. The van der Waals surface area contributed by atoms with Gasteiger partial charge in [-0.2, -0.15) is 13.2 Å². The number of hydrogen-bond acceptors (Lipinski definition) is 4. The van der Waals surface area contributed by atoms with E-state index < -0.39 is 12.8 Å². The summed E-state index contributed by atoms with van der Waals surface area (Å²) in [7, 11) is 0. The van der Waals surface area contributed by atoms with E-state index in [4.69, 9.17) is 9.47 Å². The summed E-state index contributed by atoms with van der Waals surface area (Å²) in [5.41, 5.74) is 0.487. The molecule has 0 radical (unpaired) electrons. The van der Waals surface area contributed by atoms with Crippen LogP contribution in [0.5, 0.6) is 5.88 Å². The molecular formula is C16H24F3IN4O2. The molecule has 26 heavy (non-hydrogen) atoms. The minimum absolute atomic E-state index is 0. The van der Waals surface area contributed by atoms with E-state index in [0.29, 0.717) is 24.6 Å². The summed E-state index contributed by atoms with van der Waals surface area (Å²) in [5.74, 6) is 0.516. The highest BCUT2D eigenvalue weighted by Gasteiger charge is 2.29. The number of halogens is 4. The van der Waals surface area contributed by atoms with Crippen molar-refractivity contribution in [3.63, 3.8) is 0 Å². The Balaban J connectivity index is 0.00000338. The molecule has 1 aromatic rings. The van der Waals surface area contributed by atoms with Crippen molar-refractivity contribution in [3.05, 3.63) is 23.9 Å². The first kappa shape index (κ1) is 22.7. The van der Waals surface area contributed by atoms with Crippen LogP contribution >= 0.6 is 24.0 Å². The highest BCUT2D eigenvalue weighted by Crippen LogP contribution is 2.20. The quantitative estimate of drug-likeness (QED) is 0.351. The Morgan fingerprint density at radius 2 is 2.23 bits per heavy atom. The van der Waals surface area contributed by atoms with Crippen molar-refractivity contribution in [2.24, 2.45) is 4.99 Å². The lowest BCUT2D eigenvalue weighted by atomic mass is 10.2. The van der Waals surface area contributed by atoms with Crippen molar-refractivity contribution in [1.82, 2.24) is 15.6 Å². The first-order valence-corrected chi connectivity index (χ1v) is 8.25. The standard InChI is InChI=1S/C16H23F3N4O2.HI/c1-2-20-15(23-10-13-6-4-8-24-13)22-9-12-5-3-7-21-14(12)25-11-16(17,18)19;/h3,5,7,13H,2,4,6,8-11H2,1H3,(H2,20,22,23);1H. The topological polar surface area (TPSA) is 67.8 Å². The Kier molecular flexibility index (Phi) is 9.99. The average Bonchev–Trinajstić information content (AvgIpc) is 3.09. The Labute approximate surface area is 168 Å². The maximum atomic E-state index is 12.3. The molecule has 2 heterocycles. The number of ether oxygens (including phenoxy) is 2. The van der Waals surface area contributed by atoms with Gasteiger partial charge < -0.3 is 20.1 Å². The van der Waals surface area contributed by atoms with E-state index in [9.17, 15) is 13.2 Å². The van der Waals surface area contributed by atoms with E-state index in [1.54, 1.807) is 12.1 Å². The lowest BCUT2D eigenvalue weighted by Crippen LogP contribution is -2.41. The minimum Gasteiger partial charge on any atom is -0.468 e. The van der Waals surface area contributed by atoms with Crippen LogP contribution in [0.25, 0.3) is 0 Å². The number of hydrogen-bond donors (Lipinski definition) is 2. The zero-order valence-electron chi connectivity index (χ0n) is 14.5. The molecule has 2 N–H and O–H groups in total. The van der Waals surface area contributed by atoms with Gasteiger partial charge in [0.15, 0.2) is 12.6 Å². The summed E-state index contributed by atoms with van der Waals surface area (Å²) in [6.07, 6.45) is -0.802. The lowest BCUT2D eigenvalue weighted by Gasteiger charge is -2.15. The Hall–Kier alpha value is -1.30. The number of nitrogens with one attached hydrogen (secondary N) is 2. The molecule has 6 nitrogen and oxygen atoms in total. The second-order valence-electron chi connectivity index (χ2n) is 5.58. The maximum Gasteiger partial charge on any atom is 0.422 e. The number of guanidine groups is 1. The second kappa shape index (κ2) is 11.4. The zero-order valence-corrected chi connectivity index (χ0v) is 16.8.